The van der Waals surface area contributed by atoms with Crippen LogP contribution < -0.4 is 5.32 Å². The summed E-state index contributed by atoms with van der Waals surface area (Å²) in [5.41, 5.74) is 0.252. The molecule has 2 aromatic rings. The van der Waals surface area contributed by atoms with Crippen molar-refractivity contribution >= 4 is 40.2 Å². The minimum atomic E-state index is -0.803. The van der Waals surface area contributed by atoms with E-state index in [9.17, 15) is 9.90 Å². The van der Waals surface area contributed by atoms with Gasteiger partial charge in [0.1, 0.15) is 0 Å². The number of pyridine rings is 1. The average molecular weight is 323 g/mol. The molecule has 0 radical (unpaired) electrons. The van der Waals surface area contributed by atoms with Crippen LogP contribution in [0.5, 0.6) is 0 Å². The van der Waals surface area contributed by atoms with Gasteiger partial charge in [-0.2, -0.15) is 11.8 Å². The van der Waals surface area contributed by atoms with Crippen molar-refractivity contribution in [2.24, 2.45) is 0 Å². The molecular weight excluding hydrogens is 308 g/mol. The molecule has 0 aliphatic carbocycles. The van der Waals surface area contributed by atoms with Crippen molar-refractivity contribution in [2.75, 3.05) is 18.1 Å². The Balaban J connectivity index is 1.84. The zero-order valence-electron chi connectivity index (χ0n) is 11.3. The summed E-state index contributed by atoms with van der Waals surface area (Å²) in [5, 5.41) is 14.4. The van der Waals surface area contributed by atoms with E-state index in [1.807, 2.05) is 6.07 Å². The molecule has 1 amide bonds. The third kappa shape index (κ3) is 3.15. The molecule has 1 unspecified atom stereocenters. The molecule has 2 heterocycles. The quantitative estimate of drug-likeness (QED) is 0.911. The molecule has 1 fully saturated rings. The second-order valence-electron chi connectivity index (χ2n) is 5.24. The van der Waals surface area contributed by atoms with Crippen LogP contribution in [0.25, 0.3) is 10.9 Å². The molecule has 3 rings (SSSR count). The molecule has 1 atom stereocenters. The molecule has 21 heavy (non-hydrogen) atoms. The highest BCUT2D eigenvalue weighted by Crippen LogP contribution is 2.27. The lowest BCUT2D eigenvalue weighted by Crippen LogP contribution is -2.43. The van der Waals surface area contributed by atoms with Crippen LogP contribution in [0.1, 0.15) is 16.8 Å². The Hall–Kier alpha value is -1.30. The van der Waals surface area contributed by atoms with Gasteiger partial charge in [0, 0.05) is 28.9 Å². The first-order chi connectivity index (χ1) is 10.1. The SMILES string of the molecule is O=C(NCC1(O)CCSC1)c1cc(Cl)cc2cccnc12. The Morgan fingerprint density at radius 3 is 3.14 bits per heavy atom. The van der Waals surface area contributed by atoms with Gasteiger partial charge in [-0.3, -0.25) is 9.78 Å². The molecule has 0 spiro atoms. The van der Waals surface area contributed by atoms with E-state index in [0.717, 1.165) is 11.1 Å². The number of hydrogen-bond donors (Lipinski definition) is 2. The monoisotopic (exact) mass is 322 g/mol. The fourth-order valence-electron chi connectivity index (χ4n) is 2.40. The normalized spacial score (nSPS) is 21.6. The van der Waals surface area contributed by atoms with Gasteiger partial charge >= 0.3 is 0 Å². The number of halogens is 1. The highest BCUT2D eigenvalue weighted by molar-refractivity contribution is 7.99. The summed E-state index contributed by atoms with van der Waals surface area (Å²) >= 11 is 7.76. The molecule has 110 valence electrons. The number of aromatic nitrogens is 1. The summed E-state index contributed by atoms with van der Waals surface area (Å²) in [5.74, 6) is 1.32. The highest BCUT2D eigenvalue weighted by Gasteiger charge is 2.32. The van der Waals surface area contributed by atoms with E-state index in [0.29, 0.717) is 28.3 Å². The first-order valence-corrected chi connectivity index (χ1v) is 8.23. The zero-order chi connectivity index (χ0) is 14.9. The lowest BCUT2D eigenvalue weighted by molar-refractivity contribution is 0.0613. The number of aliphatic hydroxyl groups is 1. The van der Waals surface area contributed by atoms with E-state index in [4.69, 9.17) is 11.6 Å². The lowest BCUT2D eigenvalue weighted by atomic mass is 10.0. The molecule has 1 aromatic heterocycles. The van der Waals surface area contributed by atoms with Gasteiger partial charge in [-0.05, 0) is 30.4 Å². The summed E-state index contributed by atoms with van der Waals surface area (Å²) in [7, 11) is 0. The smallest absolute Gasteiger partial charge is 0.253 e. The molecule has 1 saturated heterocycles. The second kappa shape index (κ2) is 5.83. The first kappa shape index (κ1) is 14.6. The highest BCUT2D eigenvalue weighted by atomic mass is 35.5. The lowest BCUT2D eigenvalue weighted by Gasteiger charge is -2.21. The number of carbonyl (C=O) groups excluding carboxylic acids is 1. The van der Waals surface area contributed by atoms with Crippen molar-refractivity contribution in [3.63, 3.8) is 0 Å². The fourth-order valence-corrected chi connectivity index (χ4v) is 3.93. The summed E-state index contributed by atoms with van der Waals surface area (Å²) in [6.45, 7) is 0.250. The van der Waals surface area contributed by atoms with Crippen molar-refractivity contribution in [3.8, 4) is 0 Å². The second-order valence-corrected chi connectivity index (χ2v) is 6.78. The predicted molar refractivity (Wildman–Crippen MR) is 86.0 cm³/mol. The van der Waals surface area contributed by atoms with Crippen molar-refractivity contribution in [2.45, 2.75) is 12.0 Å². The van der Waals surface area contributed by atoms with E-state index in [1.54, 1.807) is 36.2 Å². The molecule has 1 aliphatic rings. The maximum absolute atomic E-state index is 12.4. The van der Waals surface area contributed by atoms with Gasteiger partial charge < -0.3 is 10.4 Å². The number of thioether (sulfide) groups is 1. The average Bonchev–Trinajstić information content (AvgIpc) is 2.91. The molecule has 2 N–H and O–H groups in total. The zero-order valence-corrected chi connectivity index (χ0v) is 12.9. The molecule has 0 saturated carbocycles. The number of fused-ring (bicyclic) bond motifs is 1. The Kier molecular flexibility index (Phi) is 4.06. The van der Waals surface area contributed by atoms with Crippen LogP contribution in [0, 0.1) is 0 Å². The molecule has 1 aromatic carbocycles. The Bertz CT molecular complexity index is 686. The third-order valence-electron chi connectivity index (χ3n) is 3.57. The summed E-state index contributed by atoms with van der Waals surface area (Å²) < 4.78 is 0. The van der Waals surface area contributed by atoms with Gasteiger partial charge in [0.2, 0.25) is 0 Å². The van der Waals surface area contributed by atoms with Gasteiger partial charge in [-0.1, -0.05) is 17.7 Å². The molecule has 0 bridgehead atoms. The maximum Gasteiger partial charge on any atom is 0.253 e. The number of benzene rings is 1. The molecular formula is C15H15ClN2O2S. The molecule has 6 heteroatoms. The van der Waals surface area contributed by atoms with Gasteiger partial charge in [0.05, 0.1) is 16.7 Å². The molecule has 4 nitrogen and oxygen atoms in total. The fraction of sp³-hybridized carbons (Fsp3) is 0.333. The summed E-state index contributed by atoms with van der Waals surface area (Å²) in [4.78, 5) is 16.6. The van der Waals surface area contributed by atoms with Crippen LogP contribution in [-0.2, 0) is 0 Å². The van der Waals surface area contributed by atoms with Gasteiger partial charge in [-0.15, -0.1) is 0 Å². The van der Waals surface area contributed by atoms with Crippen molar-refractivity contribution in [1.29, 1.82) is 0 Å². The number of carbonyl (C=O) groups is 1. The maximum atomic E-state index is 12.4. The summed E-state index contributed by atoms with van der Waals surface area (Å²) in [6, 6.07) is 7.06. The van der Waals surface area contributed by atoms with Gasteiger partial charge in [-0.25, -0.2) is 0 Å². The number of hydrogen-bond acceptors (Lipinski definition) is 4. The predicted octanol–water partition coefficient (Wildman–Crippen LogP) is 2.49. The van der Waals surface area contributed by atoms with Crippen LogP contribution in [0.3, 0.4) is 0 Å². The van der Waals surface area contributed by atoms with E-state index in [2.05, 4.69) is 10.3 Å². The van der Waals surface area contributed by atoms with Crippen LogP contribution in [-0.4, -0.2) is 39.6 Å². The van der Waals surface area contributed by atoms with Gasteiger partial charge in [0.15, 0.2) is 0 Å². The van der Waals surface area contributed by atoms with Crippen molar-refractivity contribution in [3.05, 3.63) is 41.0 Å². The van der Waals surface area contributed by atoms with E-state index < -0.39 is 5.60 Å². The Morgan fingerprint density at radius 2 is 2.38 bits per heavy atom. The third-order valence-corrected chi connectivity index (χ3v) is 5.03. The number of nitrogens with zero attached hydrogens (tertiary/aromatic N) is 1. The topological polar surface area (TPSA) is 62.2 Å². The van der Waals surface area contributed by atoms with E-state index >= 15 is 0 Å². The Morgan fingerprint density at radius 1 is 1.52 bits per heavy atom. The standard InChI is InChI=1S/C15H15ClN2O2S/c16-11-6-10-2-1-4-17-13(10)12(7-11)14(19)18-8-15(20)3-5-21-9-15/h1-2,4,6-7,20H,3,5,8-9H2,(H,18,19). The Labute approximate surface area is 131 Å². The minimum Gasteiger partial charge on any atom is -0.387 e. The summed E-state index contributed by atoms with van der Waals surface area (Å²) in [6.07, 6.45) is 2.35. The van der Waals surface area contributed by atoms with Gasteiger partial charge in [0.25, 0.3) is 5.91 Å². The molecule has 1 aliphatic heterocycles. The van der Waals surface area contributed by atoms with Crippen LogP contribution in [0.4, 0.5) is 0 Å². The number of nitrogens with one attached hydrogen (secondary N) is 1. The largest absolute Gasteiger partial charge is 0.387 e. The van der Waals surface area contributed by atoms with Crippen LogP contribution >= 0.6 is 23.4 Å². The van der Waals surface area contributed by atoms with E-state index in [1.165, 1.54) is 0 Å². The first-order valence-electron chi connectivity index (χ1n) is 6.70. The van der Waals surface area contributed by atoms with E-state index in [-0.39, 0.29) is 12.5 Å². The van der Waals surface area contributed by atoms with Crippen molar-refractivity contribution in [1.82, 2.24) is 10.3 Å². The number of amides is 1. The number of rotatable bonds is 3. The van der Waals surface area contributed by atoms with Crippen LogP contribution in [0.2, 0.25) is 5.02 Å². The van der Waals surface area contributed by atoms with Crippen molar-refractivity contribution < 1.29 is 9.90 Å². The van der Waals surface area contributed by atoms with Crippen LogP contribution in [0.15, 0.2) is 30.5 Å². The minimum absolute atomic E-state index is 0.250.